The van der Waals surface area contributed by atoms with Gasteiger partial charge in [0, 0.05) is 22.7 Å². The van der Waals surface area contributed by atoms with Gasteiger partial charge in [-0.15, -0.1) is 21.5 Å². The quantitative estimate of drug-likeness (QED) is 0.307. The molecule has 2 aromatic carbocycles. The molecule has 33 heavy (non-hydrogen) atoms. The summed E-state index contributed by atoms with van der Waals surface area (Å²) in [4.78, 5) is 14.8. The lowest BCUT2D eigenvalue weighted by atomic mass is 10.1. The lowest BCUT2D eigenvalue weighted by Crippen LogP contribution is -1.96. The number of aromatic nitrogens is 5. The molecule has 0 aliphatic rings. The Hall–Kier alpha value is -4.43. The van der Waals surface area contributed by atoms with E-state index >= 15 is 0 Å². The van der Waals surface area contributed by atoms with E-state index in [9.17, 15) is 0 Å². The minimum absolute atomic E-state index is 0.419. The van der Waals surface area contributed by atoms with E-state index in [0.29, 0.717) is 29.0 Å². The van der Waals surface area contributed by atoms with Crippen LogP contribution in [-0.4, -0.2) is 25.1 Å². The normalized spacial score (nSPS) is 11.0. The first kappa shape index (κ1) is 19.3. The Kier molecular flexibility index (Phi) is 4.82. The number of benzene rings is 2. The van der Waals surface area contributed by atoms with Gasteiger partial charge >= 0.3 is 0 Å². The van der Waals surface area contributed by atoms with Crippen LogP contribution in [0.1, 0.15) is 0 Å². The van der Waals surface area contributed by atoms with Crippen molar-refractivity contribution >= 4 is 21.6 Å². The van der Waals surface area contributed by atoms with Gasteiger partial charge in [0.1, 0.15) is 16.3 Å². The first-order valence-electron chi connectivity index (χ1n) is 10.2. The van der Waals surface area contributed by atoms with Crippen molar-refractivity contribution in [1.82, 2.24) is 25.1 Å². The molecule has 158 valence electrons. The van der Waals surface area contributed by atoms with Gasteiger partial charge < -0.3 is 9.15 Å². The second kappa shape index (κ2) is 8.25. The Bertz CT molecular complexity index is 1530. The molecule has 6 rings (SSSR count). The Morgan fingerprint density at radius 1 is 0.848 bits per heavy atom. The molecule has 0 saturated heterocycles. The van der Waals surface area contributed by atoms with E-state index in [2.05, 4.69) is 32.7 Å². The zero-order valence-corrected chi connectivity index (χ0v) is 17.9. The molecular formula is C25H15N5O2S. The zero-order valence-electron chi connectivity index (χ0n) is 17.1. The van der Waals surface area contributed by atoms with E-state index in [1.165, 1.54) is 6.39 Å². The highest BCUT2D eigenvalue weighted by atomic mass is 32.1. The molecule has 0 N–H and O–H groups in total. The highest BCUT2D eigenvalue weighted by Gasteiger charge is 2.19. The van der Waals surface area contributed by atoms with Crippen LogP contribution in [0.15, 0.2) is 95.2 Å². The molecule has 8 heteroatoms. The summed E-state index contributed by atoms with van der Waals surface area (Å²) in [5, 5.41) is 10.7. The fourth-order valence-corrected chi connectivity index (χ4v) is 4.46. The maximum absolute atomic E-state index is 6.35. The fraction of sp³-hybridized carbons (Fsp3) is 0. The van der Waals surface area contributed by atoms with Crippen molar-refractivity contribution in [3.8, 4) is 45.7 Å². The predicted molar refractivity (Wildman–Crippen MR) is 126 cm³/mol. The Labute approximate surface area is 192 Å². The molecule has 0 fully saturated rings. The average molecular weight is 449 g/mol. The standard InChI is InChI=1S/C25H15N5O2S/c1-2-7-16(8-3-1)19-14-33-25-21(19)24(28-22(29-25)20-11-4-5-12-26-20)32-18-10-6-9-17(13-18)23-30-27-15-31-23/h1-15H. The van der Waals surface area contributed by atoms with Crippen LogP contribution in [0.3, 0.4) is 0 Å². The van der Waals surface area contributed by atoms with Crippen LogP contribution >= 0.6 is 11.3 Å². The van der Waals surface area contributed by atoms with Crippen LogP contribution in [0.5, 0.6) is 11.6 Å². The number of ether oxygens (including phenoxy) is 1. The Morgan fingerprint density at radius 3 is 2.55 bits per heavy atom. The summed E-state index contributed by atoms with van der Waals surface area (Å²) in [7, 11) is 0. The maximum Gasteiger partial charge on any atom is 0.247 e. The molecule has 0 unspecified atom stereocenters. The van der Waals surface area contributed by atoms with Gasteiger partial charge in [-0.25, -0.2) is 4.98 Å². The molecule has 0 bridgehead atoms. The van der Waals surface area contributed by atoms with Crippen LogP contribution in [0.4, 0.5) is 0 Å². The van der Waals surface area contributed by atoms with Gasteiger partial charge in [0.2, 0.25) is 18.2 Å². The van der Waals surface area contributed by atoms with E-state index in [-0.39, 0.29) is 0 Å². The van der Waals surface area contributed by atoms with E-state index in [0.717, 1.165) is 26.9 Å². The summed E-state index contributed by atoms with van der Waals surface area (Å²) < 4.78 is 11.7. The van der Waals surface area contributed by atoms with Crippen molar-refractivity contribution in [3.05, 3.63) is 90.8 Å². The summed E-state index contributed by atoms with van der Waals surface area (Å²) in [5.74, 6) is 1.99. The van der Waals surface area contributed by atoms with Gasteiger partial charge in [-0.05, 0) is 35.9 Å². The number of fused-ring (bicyclic) bond motifs is 1. The molecule has 0 aliphatic carbocycles. The summed E-state index contributed by atoms with van der Waals surface area (Å²) in [6, 6.07) is 23.3. The van der Waals surface area contributed by atoms with Gasteiger partial charge in [0.15, 0.2) is 5.82 Å². The minimum atomic E-state index is 0.419. The first-order valence-corrected chi connectivity index (χ1v) is 11.0. The van der Waals surface area contributed by atoms with E-state index in [1.807, 2.05) is 60.7 Å². The molecule has 6 aromatic rings. The summed E-state index contributed by atoms with van der Waals surface area (Å²) >= 11 is 1.55. The third-order valence-electron chi connectivity index (χ3n) is 5.03. The smallest absolute Gasteiger partial charge is 0.247 e. The van der Waals surface area contributed by atoms with Crippen molar-refractivity contribution in [2.75, 3.05) is 0 Å². The third kappa shape index (κ3) is 3.72. The minimum Gasteiger partial charge on any atom is -0.438 e. The van der Waals surface area contributed by atoms with E-state index < -0.39 is 0 Å². The molecule has 0 radical (unpaired) electrons. The fourth-order valence-electron chi connectivity index (χ4n) is 3.53. The number of nitrogens with zero attached hydrogens (tertiary/aromatic N) is 5. The average Bonchev–Trinajstić information content (AvgIpc) is 3.56. The number of pyridine rings is 1. The first-order chi connectivity index (χ1) is 16.3. The van der Waals surface area contributed by atoms with Crippen LogP contribution in [0.25, 0.3) is 44.3 Å². The largest absolute Gasteiger partial charge is 0.438 e. The zero-order chi connectivity index (χ0) is 22.0. The number of hydrogen-bond acceptors (Lipinski definition) is 8. The summed E-state index contributed by atoms with van der Waals surface area (Å²) in [6.07, 6.45) is 3.02. The van der Waals surface area contributed by atoms with Gasteiger partial charge in [0.05, 0.1) is 5.39 Å². The number of hydrogen-bond donors (Lipinski definition) is 0. The van der Waals surface area contributed by atoms with Gasteiger partial charge in [0.25, 0.3) is 0 Å². The maximum atomic E-state index is 6.35. The summed E-state index contributed by atoms with van der Waals surface area (Å²) in [6.45, 7) is 0. The molecule has 0 spiro atoms. The second-order valence-electron chi connectivity index (χ2n) is 7.14. The monoisotopic (exact) mass is 449 g/mol. The molecule has 4 heterocycles. The van der Waals surface area contributed by atoms with Crippen molar-refractivity contribution in [2.24, 2.45) is 0 Å². The van der Waals surface area contributed by atoms with E-state index in [4.69, 9.17) is 19.1 Å². The van der Waals surface area contributed by atoms with Gasteiger partial charge in [-0.1, -0.05) is 42.5 Å². The van der Waals surface area contributed by atoms with Crippen LogP contribution < -0.4 is 4.74 Å². The van der Waals surface area contributed by atoms with Crippen molar-refractivity contribution in [2.45, 2.75) is 0 Å². The third-order valence-corrected chi connectivity index (χ3v) is 5.91. The molecule has 0 atom stereocenters. The molecule has 4 aromatic heterocycles. The molecule has 0 amide bonds. The molecule has 0 saturated carbocycles. The van der Waals surface area contributed by atoms with Crippen LogP contribution in [0.2, 0.25) is 0 Å². The van der Waals surface area contributed by atoms with Crippen molar-refractivity contribution in [3.63, 3.8) is 0 Å². The molecule has 0 aliphatic heterocycles. The van der Waals surface area contributed by atoms with Crippen molar-refractivity contribution in [1.29, 1.82) is 0 Å². The lowest BCUT2D eigenvalue weighted by Gasteiger charge is -2.10. The molecular weight excluding hydrogens is 434 g/mol. The van der Waals surface area contributed by atoms with Gasteiger partial charge in [-0.2, -0.15) is 4.98 Å². The van der Waals surface area contributed by atoms with Crippen molar-refractivity contribution < 1.29 is 9.15 Å². The van der Waals surface area contributed by atoms with Crippen LogP contribution in [0, 0.1) is 0 Å². The lowest BCUT2D eigenvalue weighted by molar-refractivity contribution is 0.469. The highest BCUT2D eigenvalue weighted by molar-refractivity contribution is 7.17. The SMILES string of the molecule is c1ccc(-c2csc3nc(-c4ccccn4)nc(Oc4cccc(-c5nnco5)c4)c23)cc1. The van der Waals surface area contributed by atoms with Gasteiger partial charge in [-0.3, -0.25) is 4.98 Å². The second-order valence-corrected chi connectivity index (χ2v) is 7.99. The number of thiophene rings is 1. The van der Waals surface area contributed by atoms with E-state index in [1.54, 1.807) is 17.5 Å². The summed E-state index contributed by atoms with van der Waals surface area (Å²) in [5.41, 5.74) is 3.53. The molecule has 7 nitrogen and oxygen atoms in total. The number of rotatable bonds is 5. The topological polar surface area (TPSA) is 86.8 Å². The Balaban J connectivity index is 1.51. The highest BCUT2D eigenvalue weighted by Crippen LogP contribution is 2.40. The van der Waals surface area contributed by atoms with Crippen LogP contribution in [-0.2, 0) is 0 Å². The predicted octanol–water partition coefficient (Wildman–Crippen LogP) is 6.26. The Morgan fingerprint density at radius 2 is 1.73 bits per heavy atom.